The van der Waals surface area contributed by atoms with Crippen LogP contribution in [0, 0.1) is 5.92 Å². The second-order valence-electron chi connectivity index (χ2n) is 9.09. The SMILES string of the molecule is CC1CN(CC2CCCN2C(=O)c2cccc(S(=O)(=O)NCC3CC3)c2)CC(C)O1. The van der Waals surface area contributed by atoms with E-state index in [0.717, 1.165) is 51.9 Å². The molecule has 2 aliphatic heterocycles. The number of benzene rings is 1. The molecule has 30 heavy (non-hydrogen) atoms. The molecule has 0 bridgehead atoms. The molecule has 3 fully saturated rings. The maximum Gasteiger partial charge on any atom is 0.254 e. The van der Waals surface area contributed by atoms with Crippen LogP contribution in [0.4, 0.5) is 0 Å². The van der Waals surface area contributed by atoms with Crippen LogP contribution < -0.4 is 4.72 Å². The molecule has 3 aliphatic rings. The van der Waals surface area contributed by atoms with E-state index in [9.17, 15) is 13.2 Å². The molecule has 0 aromatic heterocycles. The van der Waals surface area contributed by atoms with E-state index in [1.165, 1.54) is 6.07 Å². The highest BCUT2D eigenvalue weighted by atomic mass is 32.2. The topological polar surface area (TPSA) is 79.0 Å². The summed E-state index contributed by atoms with van der Waals surface area (Å²) >= 11 is 0. The van der Waals surface area contributed by atoms with Crippen molar-refractivity contribution in [3.8, 4) is 0 Å². The number of sulfonamides is 1. The molecule has 2 saturated heterocycles. The van der Waals surface area contributed by atoms with Gasteiger partial charge in [0, 0.05) is 44.3 Å². The van der Waals surface area contributed by atoms with Crippen molar-refractivity contribution in [3.63, 3.8) is 0 Å². The average molecular weight is 436 g/mol. The van der Waals surface area contributed by atoms with Crippen LogP contribution in [-0.4, -0.2) is 75.1 Å². The van der Waals surface area contributed by atoms with Crippen molar-refractivity contribution < 1.29 is 17.9 Å². The van der Waals surface area contributed by atoms with Gasteiger partial charge in [-0.1, -0.05) is 6.07 Å². The number of carbonyl (C=O) groups is 1. The van der Waals surface area contributed by atoms with Crippen LogP contribution in [0.25, 0.3) is 0 Å². The lowest BCUT2D eigenvalue weighted by molar-refractivity contribution is -0.0715. The normalized spacial score (nSPS) is 28.1. The number of nitrogens with one attached hydrogen (secondary N) is 1. The highest BCUT2D eigenvalue weighted by Crippen LogP contribution is 2.28. The van der Waals surface area contributed by atoms with Crippen molar-refractivity contribution in [2.45, 2.75) is 62.7 Å². The minimum atomic E-state index is -3.59. The van der Waals surface area contributed by atoms with Crippen molar-refractivity contribution in [1.29, 1.82) is 0 Å². The van der Waals surface area contributed by atoms with Gasteiger partial charge in [-0.05, 0) is 63.6 Å². The van der Waals surface area contributed by atoms with Gasteiger partial charge in [-0.2, -0.15) is 0 Å². The van der Waals surface area contributed by atoms with Gasteiger partial charge in [0.25, 0.3) is 5.91 Å². The largest absolute Gasteiger partial charge is 0.373 e. The van der Waals surface area contributed by atoms with Gasteiger partial charge in [-0.3, -0.25) is 9.69 Å². The minimum Gasteiger partial charge on any atom is -0.373 e. The number of hydrogen-bond donors (Lipinski definition) is 1. The Balaban J connectivity index is 1.44. The Kier molecular flexibility index (Phi) is 6.48. The third kappa shape index (κ3) is 5.22. The summed E-state index contributed by atoms with van der Waals surface area (Å²) in [5, 5.41) is 0. The highest BCUT2D eigenvalue weighted by molar-refractivity contribution is 7.89. The Morgan fingerprint density at radius 1 is 1.17 bits per heavy atom. The van der Waals surface area contributed by atoms with Crippen LogP contribution in [0.2, 0.25) is 0 Å². The van der Waals surface area contributed by atoms with Crippen molar-refractivity contribution in [1.82, 2.24) is 14.5 Å². The summed E-state index contributed by atoms with van der Waals surface area (Å²) < 4.78 is 33.7. The third-order valence-corrected chi connectivity index (χ3v) is 7.67. The molecule has 1 N–H and O–H groups in total. The monoisotopic (exact) mass is 435 g/mol. The average Bonchev–Trinajstić information content (AvgIpc) is 3.43. The van der Waals surface area contributed by atoms with Crippen LogP contribution in [-0.2, 0) is 14.8 Å². The van der Waals surface area contributed by atoms with Gasteiger partial charge in [0.1, 0.15) is 0 Å². The number of rotatable bonds is 7. The van der Waals surface area contributed by atoms with E-state index in [4.69, 9.17) is 4.74 Å². The summed E-state index contributed by atoms with van der Waals surface area (Å²) in [6, 6.07) is 6.62. The molecule has 1 aliphatic carbocycles. The molecule has 4 rings (SSSR count). The number of nitrogens with zero attached hydrogens (tertiary/aromatic N) is 2. The van der Waals surface area contributed by atoms with E-state index in [0.29, 0.717) is 18.0 Å². The van der Waals surface area contributed by atoms with Gasteiger partial charge >= 0.3 is 0 Å². The second kappa shape index (κ2) is 8.94. The van der Waals surface area contributed by atoms with E-state index in [1.807, 2.05) is 4.90 Å². The van der Waals surface area contributed by atoms with E-state index >= 15 is 0 Å². The molecule has 3 atom stereocenters. The molecule has 1 amide bonds. The van der Waals surface area contributed by atoms with Gasteiger partial charge in [-0.25, -0.2) is 13.1 Å². The standard InChI is InChI=1S/C22H33N3O4S/c1-16-13-24(14-17(2)29-16)15-20-6-4-10-25(20)22(26)19-5-3-7-21(11-19)30(27,28)23-12-18-8-9-18/h3,5,7,11,16-18,20,23H,4,6,8-10,12-15H2,1-2H3. The lowest BCUT2D eigenvalue weighted by Gasteiger charge is -2.38. The van der Waals surface area contributed by atoms with Gasteiger partial charge in [-0.15, -0.1) is 0 Å². The first-order valence-electron chi connectivity index (χ1n) is 11.1. The molecular weight excluding hydrogens is 402 g/mol. The maximum atomic E-state index is 13.3. The first kappa shape index (κ1) is 21.7. The number of carbonyl (C=O) groups excluding carboxylic acids is 1. The Morgan fingerprint density at radius 2 is 1.90 bits per heavy atom. The maximum absolute atomic E-state index is 13.3. The van der Waals surface area contributed by atoms with E-state index < -0.39 is 10.0 Å². The molecule has 8 heteroatoms. The summed E-state index contributed by atoms with van der Waals surface area (Å²) in [6.07, 6.45) is 4.52. The number of morpholine rings is 1. The van der Waals surface area contributed by atoms with Crippen molar-refractivity contribution in [2.75, 3.05) is 32.7 Å². The molecule has 1 saturated carbocycles. The minimum absolute atomic E-state index is 0.0777. The Morgan fingerprint density at radius 3 is 2.60 bits per heavy atom. The Hall–Kier alpha value is -1.48. The summed E-state index contributed by atoms with van der Waals surface area (Å²) in [5.41, 5.74) is 0.444. The number of ether oxygens (including phenoxy) is 1. The van der Waals surface area contributed by atoms with Crippen LogP contribution >= 0.6 is 0 Å². The van der Waals surface area contributed by atoms with Gasteiger partial charge in [0.2, 0.25) is 10.0 Å². The number of likely N-dealkylation sites (tertiary alicyclic amines) is 1. The van der Waals surface area contributed by atoms with Crippen LogP contribution in [0.1, 0.15) is 49.9 Å². The fraction of sp³-hybridized carbons (Fsp3) is 0.682. The molecule has 1 aromatic carbocycles. The summed E-state index contributed by atoms with van der Waals surface area (Å²) in [5.74, 6) is 0.381. The molecular formula is C22H33N3O4S. The van der Waals surface area contributed by atoms with E-state index in [-0.39, 0.29) is 29.1 Å². The van der Waals surface area contributed by atoms with Crippen LogP contribution in [0.5, 0.6) is 0 Å². The molecule has 7 nitrogen and oxygen atoms in total. The fourth-order valence-corrected chi connectivity index (χ4v) is 5.78. The van der Waals surface area contributed by atoms with E-state index in [2.05, 4.69) is 23.5 Å². The van der Waals surface area contributed by atoms with Gasteiger partial charge in [0.15, 0.2) is 0 Å². The lowest BCUT2D eigenvalue weighted by Crippen LogP contribution is -2.50. The molecule has 2 heterocycles. The fourth-order valence-electron chi connectivity index (χ4n) is 4.62. The first-order valence-corrected chi connectivity index (χ1v) is 12.6. The molecule has 0 spiro atoms. The predicted molar refractivity (Wildman–Crippen MR) is 115 cm³/mol. The quantitative estimate of drug-likeness (QED) is 0.710. The first-order chi connectivity index (χ1) is 14.3. The second-order valence-corrected chi connectivity index (χ2v) is 10.9. The van der Waals surface area contributed by atoms with Crippen molar-refractivity contribution in [2.24, 2.45) is 5.92 Å². The number of hydrogen-bond acceptors (Lipinski definition) is 5. The molecule has 166 valence electrons. The van der Waals surface area contributed by atoms with Gasteiger partial charge in [0.05, 0.1) is 17.1 Å². The molecule has 0 radical (unpaired) electrons. The third-order valence-electron chi connectivity index (χ3n) is 6.25. The zero-order valence-electron chi connectivity index (χ0n) is 17.9. The van der Waals surface area contributed by atoms with E-state index in [1.54, 1.807) is 18.2 Å². The number of amides is 1. The summed E-state index contributed by atoms with van der Waals surface area (Å²) in [7, 11) is -3.59. The lowest BCUT2D eigenvalue weighted by atomic mass is 10.1. The zero-order chi connectivity index (χ0) is 21.3. The Labute approximate surface area is 179 Å². The zero-order valence-corrected chi connectivity index (χ0v) is 18.7. The van der Waals surface area contributed by atoms with Crippen LogP contribution in [0.3, 0.4) is 0 Å². The molecule has 3 unspecified atom stereocenters. The predicted octanol–water partition coefficient (Wildman–Crippen LogP) is 2.09. The molecule has 1 aromatic rings. The summed E-state index contributed by atoms with van der Waals surface area (Å²) in [4.78, 5) is 17.7. The Bertz CT molecular complexity index is 861. The smallest absolute Gasteiger partial charge is 0.254 e. The summed E-state index contributed by atoms with van der Waals surface area (Å²) in [6.45, 7) is 7.96. The van der Waals surface area contributed by atoms with Crippen molar-refractivity contribution in [3.05, 3.63) is 29.8 Å². The van der Waals surface area contributed by atoms with Crippen LogP contribution in [0.15, 0.2) is 29.2 Å². The van der Waals surface area contributed by atoms with Crippen molar-refractivity contribution >= 4 is 15.9 Å². The van der Waals surface area contributed by atoms with Gasteiger partial charge < -0.3 is 9.64 Å². The highest BCUT2D eigenvalue weighted by Gasteiger charge is 2.33.